The lowest BCUT2D eigenvalue weighted by Crippen LogP contribution is -2.17. The SMILES string of the molecule is CC(C)(CCCC(=O)CCCC(=O)CCCC(C)(C)CC(=O)O)CC(=O)O. The third kappa shape index (κ3) is 15.1. The zero-order valence-corrected chi connectivity index (χ0v) is 17.3. The van der Waals surface area contributed by atoms with E-state index >= 15 is 0 Å². The molecule has 0 saturated carbocycles. The fourth-order valence-electron chi connectivity index (χ4n) is 3.26. The molecule has 2 N–H and O–H groups in total. The van der Waals surface area contributed by atoms with Crippen LogP contribution in [0.25, 0.3) is 0 Å². The number of aliphatic carboxylic acids is 2. The molecular weight excluding hydrogens is 348 g/mol. The van der Waals surface area contributed by atoms with Gasteiger partial charge in [-0.1, -0.05) is 27.7 Å². The molecule has 0 aromatic rings. The Labute approximate surface area is 162 Å². The molecule has 0 aliphatic heterocycles. The minimum absolute atomic E-state index is 0.0962. The third-order valence-electron chi connectivity index (χ3n) is 4.79. The molecule has 0 aromatic carbocycles. The Morgan fingerprint density at radius 1 is 0.593 bits per heavy atom. The summed E-state index contributed by atoms with van der Waals surface area (Å²) in [5, 5.41) is 17.7. The van der Waals surface area contributed by atoms with Gasteiger partial charge in [-0.25, -0.2) is 0 Å². The van der Waals surface area contributed by atoms with Crippen LogP contribution in [0.4, 0.5) is 0 Å². The van der Waals surface area contributed by atoms with Gasteiger partial charge in [0.1, 0.15) is 11.6 Å². The van der Waals surface area contributed by atoms with Crippen LogP contribution >= 0.6 is 0 Å². The van der Waals surface area contributed by atoms with Crippen molar-refractivity contribution < 1.29 is 29.4 Å². The number of carbonyl (C=O) groups excluding carboxylic acids is 2. The number of carboxylic acids is 2. The Balaban J connectivity index is 3.87. The van der Waals surface area contributed by atoms with Crippen molar-refractivity contribution >= 4 is 23.5 Å². The minimum atomic E-state index is -0.823. The van der Waals surface area contributed by atoms with Crippen molar-refractivity contribution in [1.29, 1.82) is 0 Å². The van der Waals surface area contributed by atoms with Gasteiger partial charge in [0.25, 0.3) is 0 Å². The molecule has 0 spiro atoms. The molecule has 0 rings (SSSR count). The summed E-state index contributed by atoms with van der Waals surface area (Å²) in [6, 6.07) is 0. The van der Waals surface area contributed by atoms with Crippen molar-refractivity contribution in [2.24, 2.45) is 10.8 Å². The van der Waals surface area contributed by atoms with Crippen molar-refractivity contribution in [3.05, 3.63) is 0 Å². The van der Waals surface area contributed by atoms with E-state index in [1.165, 1.54) is 0 Å². The maximum absolute atomic E-state index is 11.9. The van der Waals surface area contributed by atoms with Crippen LogP contribution in [0.5, 0.6) is 0 Å². The predicted octanol–water partition coefficient (Wildman–Crippen LogP) is 4.64. The van der Waals surface area contributed by atoms with Gasteiger partial charge in [-0.15, -0.1) is 0 Å². The van der Waals surface area contributed by atoms with Crippen LogP contribution < -0.4 is 0 Å². The molecule has 0 radical (unpaired) electrons. The average molecular weight is 385 g/mol. The van der Waals surface area contributed by atoms with Crippen molar-refractivity contribution in [2.45, 2.75) is 98.3 Å². The zero-order chi connectivity index (χ0) is 21.1. The van der Waals surface area contributed by atoms with Gasteiger partial charge in [-0.05, 0) is 42.9 Å². The molecule has 6 nitrogen and oxygen atoms in total. The van der Waals surface area contributed by atoms with Crippen LogP contribution in [0.2, 0.25) is 0 Å². The molecular formula is C21H36O6. The van der Waals surface area contributed by atoms with Gasteiger partial charge in [-0.3, -0.25) is 19.2 Å². The first-order valence-corrected chi connectivity index (χ1v) is 9.80. The summed E-state index contributed by atoms with van der Waals surface area (Å²) in [6.07, 6.45) is 5.10. The number of carbonyl (C=O) groups is 4. The maximum atomic E-state index is 11.9. The number of Topliss-reactive ketones (excluding diaryl/α,β-unsaturated/α-hetero) is 2. The third-order valence-corrected chi connectivity index (χ3v) is 4.79. The predicted molar refractivity (Wildman–Crippen MR) is 104 cm³/mol. The monoisotopic (exact) mass is 384 g/mol. The van der Waals surface area contributed by atoms with Crippen molar-refractivity contribution in [2.75, 3.05) is 0 Å². The van der Waals surface area contributed by atoms with E-state index in [0.29, 0.717) is 57.8 Å². The Hall–Kier alpha value is -1.72. The summed E-state index contributed by atoms with van der Waals surface area (Å²) in [5.74, 6) is -1.40. The smallest absolute Gasteiger partial charge is 0.303 e. The Morgan fingerprint density at radius 2 is 0.889 bits per heavy atom. The number of carboxylic acid groups (broad SMARTS) is 2. The van der Waals surface area contributed by atoms with E-state index in [9.17, 15) is 19.2 Å². The van der Waals surface area contributed by atoms with Crippen molar-refractivity contribution in [3.8, 4) is 0 Å². The second kappa shape index (κ2) is 11.9. The van der Waals surface area contributed by atoms with E-state index < -0.39 is 11.9 Å². The molecule has 0 aliphatic rings. The van der Waals surface area contributed by atoms with E-state index in [-0.39, 0.29) is 35.2 Å². The molecule has 0 bridgehead atoms. The quantitative estimate of drug-likeness (QED) is 0.401. The summed E-state index contributed by atoms with van der Waals surface area (Å²) in [7, 11) is 0. The zero-order valence-electron chi connectivity index (χ0n) is 17.3. The lowest BCUT2D eigenvalue weighted by Gasteiger charge is -2.21. The van der Waals surface area contributed by atoms with E-state index in [4.69, 9.17) is 10.2 Å². The van der Waals surface area contributed by atoms with Gasteiger partial charge < -0.3 is 10.2 Å². The number of hydrogen-bond acceptors (Lipinski definition) is 4. The van der Waals surface area contributed by atoms with Gasteiger partial charge in [0.15, 0.2) is 0 Å². The normalized spacial score (nSPS) is 12.0. The topological polar surface area (TPSA) is 109 Å². The first-order valence-electron chi connectivity index (χ1n) is 9.80. The molecule has 0 aliphatic carbocycles. The molecule has 0 atom stereocenters. The number of rotatable bonds is 16. The Bertz CT molecular complexity index is 473. The van der Waals surface area contributed by atoms with E-state index in [1.54, 1.807) is 0 Å². The highest BCUT2D eigenvalue weighted by molar-refractivity contribution is 5.81. The van der Waals surface area contributed by atoms with Crippen molar-refractivity contribution in [1.82, 2.24) is 0 Å². The first-order chi connectivity index (χ1) is 12.3. The van der Waals surface area contributed by atoms with Crippen LogP contribution in [0.15, 0.2) is 0 Å². The molecule has 0 amide bonds. The summed E-state index contributed by atoms with van der Waals surface area (Å²) in [6.45, 7) is 7.56. The van der Waals surface area contributed by atoms with Gasteiger partial charge in [-0.2, -0.15) is 0 Å². The highest BCUT2D eigenvalue weighted by Gasteiger charge is 2.22. The average Bonchev–Trinajstić information content (AvgIpc) is 2.43. The fourth-order valence-corrected chi connectivity index (χ4v) is 3.26. The highest BCUT2D eigenvalue weighted by Crippen LogP contribution is 2.28. The highest BCUT2D eigenvalue weighted by atomic mass is 16.4. The summed E-state index contributed by atoms with van der Waals surface area (Å²) >= 11 is 0. The minimum Gasteiger partial charge on any atom is -0.481 e. The molecule has 6 heteroatoms. The second-order valence-electron chi connectivity index (χ2n) is 9.11. The van der Waals surface area contributed by atoms with Gasteiger partial charge in [0.2, 0.25) is 0 Å². The maximum Gasteiger partial charge on any atom is 0.303 e. The molecule has 0 fully saturated rings. The molecule has 156 valence electrons. The number of hydrogen-bond donors (Lipinski definition) is 2. The van der Waals surface area contributed by atoms with Gasteiger partial charge in [0, 0.05) is 25.7 Å². The van der Waals surface area contributed by atoms with Crippen LogP contribution in [-0.2, 0) is 19.2 Å². The molecule has 0 aromatic heterocycles. The van der Waals surface area contributed by atoms with Crippen LogP contribution in [0, 0.1) is 10.8 Å². The first kappa shape index (κ1) is 25.3. The van der Waals surface area contributed by atoms with Crippen LogP contribution in [-0.4, -0.2) is 33.7 Å². The Kier molecular flexibility index (Phi) is 11.1. The largest absolute Gasteiger partial charge is 0.481 e. The van der Waals surface area contributed by atoms with E-state index in [1.807, 2.05) is 27.7 Å². The molecule has 0 unspecified atom stereocenters. The van der Waals surface area contributed by atoms with Gasteiger partial charge >= 0.3 is 11.9 Å². The Morgan fingerprint density at radius 3 is 1.19 bits per heavy atom. The summed E-state index contributed by atoms with van der Waals surface area (Å²) in [5.41, 5.74) is -0.618. The summed E-state index contributed by atoms with van der Waals surface area (Å²) in [4.78, 5) is 45.3. The second-order valence-corrected chi connectivity index (χ2v) is 9.11. The van der Waals surface area contributed by atoms with Crippen LogP contribution in [0.1, 0.15) is 98.3 Å². The fraction of sp³-hybridized carbons (Fsp3) is 0.810. The van der Waals surface area contributed by atoms with Crippen molar-refractivity contribution in [3.63, 3.8) is 0 Å². The number of ketones is 2. The summed E-state index contributed by atoms with van der Waals surface area (Å²) < 4.78 is 0. The lowest BCUT2D eigenvalue weighted by atomic mass is 9.83. The van der Waals surface area contributed by atoms with Gasteiger partial charge in [0.05, 0.1) is 12.8 Å². The standard InChI is InChI=1S/C21H36O6/c1-20(2,14-18(24)25)12-6-10-16(22)8-5-9-17(23)11-7-13-21(3,4)15-19(26)27/h5-15H2,1-4H3,(H,24,25)(H,26,27). The van der Waals surface area contributed by atoms with E-state index in [0.717, 1.165) is 0 Å². The molecule has 0 heterocycles. The molecule has 0 saturated heterocycles. The molecule has 27 heavy (non-hydrogen) atoms. The van der Waals surface area contributed by atoms with Crippen LogP contribution in [0.3, 0.4) is 0 Å². The lowest BCUT2D eigenvalue weighted by molar-refractivity contribution is -0.140. The van der Waals surface area contributed by atoms with E-state index in [2.05, 4.69) is 0 Å².